The molecule has 2 rings (SSSR count). The van der Waals surface area contributed by atoms with E-state index in [4.69, 9.17) is 4.74 Å². The number of hydrogen-bond acceptors (Lipinski definition) is 3. The highest BCUT2D eigenvalue weighted by molar-refractivity contribution is 5.92. The minimum Gasteiger partial charge on any atom is -0.497 e. The fourth-order valence-corrected chi connectivity index (χ4v) is 3.78. The fraction of sp³-hybridized carbons (Fsp3) is 0.500. The molecule has 1 unspecified atom stereocenters. The minimum absolute atomic E-state index is 0.00732. The smallest absolute Gasteiger partial charge is 0.224 e. The van der Waals surface area contributed by atoms with Crippen molar-refractivity contribution in [2.45, 2.75) is 77.7 Å². The molecule has 0 bridgehead atoms. The number of rotatable bonds is 10. The van der Waals surface area contributed by atoms with Crippen molar-refractivity contribution in [3.63, 3.8) is 0 Å². The number of hydrogen-bond donors (Lipinski definition) is 2. The molecule has 4 nitrogen and oxygen atoms in total. The Kier molecular flexibility index (Phi) is 8.91. The number of nitrogens with one attached hydrogen (secondary N) is 1. The van der Waals surface area contributed by atoms with Crippen LogP contribution in [-0.4, -0.2) is 18.1 Å². The summed E-state index contributed by atoms with van der Waals surface area (Å²) in [5, 5.41) is 12.7. The molecule has 4 heteroatoms. The zero-order valence-corrected chi connectivity index (χ0v) is 19.1. The van der Waals surface area contributed by atoms with Crippen molar-refractivity contribution < 1.29 is 14.6 Å². The highest BCUT2D eigenvalue weighted by Crippen LogP contribution is 2.32. The number of ether oxygens (including phenoxy) is 1. The fourth-order valence-electron chi connectivity index (χ4n) is 3.78. The Morgan fingerprint density at radius 1 is 1.10 bits per heavy atom. The molecular formula is C26H37NO3. The van der Waals surface area contributed by atoms with Crippen molar-refractivity contribution in [3.8, 4) is 5.75 Å². The zero-order chi connectivity index (χ0) is 22.1. The SMILES string of the molecule is CCCCCC(CC(=O)Nc1cc(CO)ccc1C(C)(C)C)c1ccc(OC)cc1. The summed E-state index contributed by atoms with van der Waals surface area (Å²) < 4.78 is 5.27. The molecule has 0 radical (unpaired) electrons. The molecule has 1 amide bonds. The maximum absolute atomic E-state index is 13.0. The molecule has 2 N–H and O–H groups in total. The van der Waals surface area contributed by atoms with Crippen molar-refractivity contribution in [1.82, 2.24) is 0 Å². The Morgan fingerprint density at radius 2 is 1.80 bits per heavy atom. The van der Waals surface area contributed by atoms with Crippen molar-refractivity contribution >= 4 is 11.6 Å². The van der Waals surface area contributed by atoms with E-state index in [1.807, 2.05) is 30.3 Å². The van der Waals surface area contributed by atoms with E-state index in [2.05, 4.69) is 45.1 Å². The average Bonchev–Trinajstić information content (AvgIpc) is 2.72. The van der Waals surface area contributed by atoms with Crippen LogP contribution in [0.5, 0.6) is 5.75 Å². The van der Waals surface area contributed by atoms with E-state index >= 15 is 0 Å². The van der Waals surface area contributed by atoms with Gasteiger partial charge in [-0.2, -0.15) is 0 Å². The van der Waals surface area contributed by atoms with Gasteiger partial charge >= 0.3 is 0 Å². The van der Waals surface area contributed by atoms with E-state index in [9.17, 15) is 9.90 Å². The number of aliphatic hydroxyl groups is 1. The summed E-state index contributed by atoms with van der Waals surface area (Å²) in [4.78, 5) is 13.0. The average molecular weight is 412 g/mol. The topological polar surface area (TPSA) is 58.6 Å². The molecule has 164 valence electrons. The zero-order valence-electron chi connectivity index (χ0n) is 19.1. The first-order valence-corrected chi connectivity index (χ1v) is 11.0. The first-order valence-electron chi connectivity index (χ1n) is 11.0. The number of amides is 1. The van der Waals surface area contributed by atoms with Crippen LogP contribution in [0.4, 0.5) is 5.69 Å². The molecule has 1 atom stereocenters. The number of aliphatic hydroxyl groups excluding tert-OH is 1. The van der Waals surface area contributed by atoms with E-state index < -0.39 is 0 Å². The van der Waals surface area contributed by atoms with Crippen molar-refractivity contribution in [2.75, 3.05) is 12.4 Å². The largest absolute Gasteiger partial charge is 0.497 e. The quantitative estimate of drug-likeness (QED) is 0.459. The Hall–Kier alpha value is -2.33. The van der Waals surface area contributed by atoms with Crippen LogP contribution in [0.25, 0.3) is 0 Å². The number of benzene rings is 2. The third-order valence-electron chi connectivity index (χ3n) is 5.52. The standard InChI is InChI=1S/C26H37NO3/c1-6-7-8-9-21(20-11-13-22(30-5)14-12-20)17-25(29)27-24-16-19(18-28)10-15-23(24)26(2,3)4/h10-16,21,28H,6-9,17-18H2,1-5H3,(H,27,29). The van der Waals surface area contributed by atoms with E-state index in [1.165, 1.54) is 12.0 Å². The summed E-state index contributed by atoms with van der Waals surface area (Å²) in [5.41, 5.74) is 3.73. The van der Waals surface area contributed by atoms with Gasteiger partial charge in [-0.1, -0.05) is 71.2 Å². The Balaban J connectivity index is 2.20. The van der Waals surface area contributed by atoms with E-state index in [0.717, 1.165) is 41.8 Å². The van der Waals surface area contributed by atoms with Gasteiger partial charge in [0.15, 0.2) is 0 Å². The van der Waals surface area contributed by atoms with Gasteiger partial charge in [-0.25, -0.2) is 0 Å². The molecule has 0 spiro atoms. The van der Waals surface area contributed by atoms with Gasteiger partial charge in [0, 0.05) is 12.1 Å². The summed E-state index contributed by atoms with van der Waals surface area (Å²) in [5.74, 6) is 1.00. The molecule has 30 heavy (non-hydrogen) atoms. The molecule has 0 aliphatic carbocycles. The lowest BCUT2D eigenvalue weighted by Crippen LogP contribution is -2.20. The second-order valence-electron chi connectivity index (χ2n) is 9.01. The predicted molar refractivity (Wildman–Crippen MR) is 124 cm³/mol. The molecule has 0 heterocycles. The Labute approximate surface area is 181 Å². The summed E-state index contributed by atoms with van der Waals surface area (Å²) in [6.45, 7) is 8.53. The summed E-state index contributed by atoms with van der Waals surface area (Å²) in [6.07, 6.45) is 4.85. The highest BCUT2D eigenvalue weighted by atomic mass is 16.5. The lowest BCUT2D eigenvalue weighted by molar-refractivity contribution is -0.116. The third-order valence-corrected chi connectivity index (χ3v) is 5.52. The lowest BCUT2D eigenvalue weighted by Gasteiger charge is -2.24. The second kappa shape index (κ2) is 11.2. The van der Waals surface area contributed by atoms with Crippen LogP contribution < -0.4 is 10.1 Å². The van der Waals surface area contributed by atoms with E-state index in [0.29, 0.717) is 6.42 Å². The number of carbonyl (C=O) groups is 1. The van der Waals surface area contributed by atoms with Gasteiger partial charge in [0.1, 0.15) is 5.75 Å². The van der Waals surface area contributed by atoms with Gasteiger partial charge in [0.25, 0.3) is 0 Å². The number of methoxy groups -OCH3 is 1. The summed E-state index contributed by atoms with van der Waals surface area (Å²) in [7, 11) is 1.66. The second-order valence-corrected chi connectivity index (χ2v) is 9.01. The normalized spacial score (nSPS) is 12.5. The first kappa shape index (κ1) is 23.9. The van der Waals surface area contributed by atoms with Crippen LogP contribution >= 0.6 is 0 Å². The van der Waals surface area contributed by atoms with Gasteiger partial charge in [-0.3, -0.25) is 4.79 Å². The van der Waals surface area contributed by atoms with Crippen LogP contribution in [0.15, 0.2) is 42.5 Å². The maximum Gasteiger partial charge on any atom is 0.224 e. The molecule has 0 aliphatic rings. The van der Waals surface area contributed by atoms with Gasteiger partial charge < -0.3 is 15.2 Å². The Bertz CT molecular complexity index is 806. The highest BCUT2D eigenvalue weighted by Gasteiger charge is 2.21. The molecule has 0 saturated carbocycles. The molecule has 0 saturated heterocycles. The number of unbranched alkanes of at least 4 members (excludes halogenated alkanes) is 2. The lowest BCUT2D eigenvalue weighted by atomic mass is 9.85. The summed E-state index contributed by atoms with van der Waals surface area (Å²) >= 11 is 0. The Morgan fingerprint density at radius 3 is 2.37 bits per heavy atom. The van der Waals surface area contributed by atoms with Gasteiger partial charge in [-0.15, -0.1) is 0 Å². The molecule has 0 aliphatic heterocycles. The molecule has 0 aromatic heterocycles. The number of carbonyl (C=O) groups excluding carboxylic acids is 1. The number of anilines is 1. The monoisotopic (exact) mass is 411 g/mol. The van der Waals surface area contributed by atoms with Crippen molar-refractivity contribution in [2.24, 2.45) is 0 Å². The van der Waals surface area contributed by atoms with Gasteiger partial charge in [0.2, 0.25) is 5.91 Å². The van der Waals surface area contributed by atoms with Crippen LogP contribution in [-0.2, 0) is 16.8 Å². The van der Waals surface area contributed by atoms with E-state index in [1.54, 1.807) is 7.11 Å². The van der Waals surface area contributed by atoms with Crippen molar-refractivity contribution in [3.05, 3.63) is 59.2 Å². The molecule has 2 aromatic carbocycles. The van der Waals surface area contributed by atoms with Crippen LogP contribution in [0, 0.1) is 0 Å². The molecule has 2 aromatic rings. The summed E-state index contributed by atoms with van der Waals surface area (Å²) in [6, 6.07) is 13.9. The van der Waals surface area contributed by atoms with Gasteiger partial charge in [-0.05, 0) is 52.6 Å². The predicted octanol–water partition coefficient (Wildman–Crippen LogP) is 6.18. The molecule has 0 fully saturated rings. The van der Waals surface area contributed by atoms with Crippen LogP contribution in [0.3, 0.4) is 0 Å². The third kappa shape index (κ3) is 6.88. The van der Waals surface area contributed by atoms with Crippen LogP contribution in [0.1, 0.15) is 82.4 Å². The maximum atomic E-state index is 13.0. The minimum atomic E-state index is -0.104. The first-order chi connectivity index (χ1) is 14.3. The van der Waals surface area contributed by atoms with Crippen LogP contribution in [0.2, 0.25) is 0 Å². The van der Waals surface area contributed by atoms with Crippen molar-refractivity contribution in [1.29, 1.82) is 0 Å². The van der Waals surface area contributed by atoms with Gasteiger partial charge in [0.05, 0.1) is 13.7 Å². The van der Waals surface area contributed by atoms with E-state index in [-0.39, 0.29) is 23.8 Å². The molecular weight excluding hydrogens is 374 g/mol.